The molecule has 0 aliphatic carbocycles. The Morgan fingerprint density at radius 3 is 1.42 bits per heavy atom. The highest BCUT2D eigenvalue weighted by Crippen LogP contribution is 2.46. The number of benzene rings is 9. The van der Waals surface area contributed by atoms with Crippen LogP contribution in [0.3, 0.4) is 0 Å². The first-order valence-corrected chi connectivity index (χ1v) is 21.6. The van der Waals surface area contributed by atoms with Crippen molar-refractivity contribution in [2.24, 2.45) is 0 Å². The third-order valence-electron chi connectivity index (χ3n) is 12.5. The van der Waals surface area contributed by atoms with E-state index in [1.807, 2.05) is 22.7 Å². The van der Waals surface area contributed by atoms with Crippen LogP contribution in [0, 0.1) is 0 Å². The minimum atomic E-state index is 0.925. The fraction of sp³-hybridized carbons (Fsp3) is 0. The molecule has 5 heteroatoms. The maximum Gasteiger partial charge on any atom is 0.145 e. The second-order valence-electron chi connectivity index (χ2n) is 15.6. The molecule has 9 aromatic carbocycles. The topological polar surface area (TPSA) is 23.0 Å². The minimum Gasteiger partial charge on any atom is -0.455 e. The van der Waals surface area contributed by atoms with Crippen LogP contribution in [0.15, 0.2) is 186 Å². The summed E-state index contributed by atoms with van der Waals surface area (Å²) in [7, 11) is 0. The summed E-state index contributed by atoms with van der Waals surface area (Å²) in [6.07, 6.45) is 0. The summed E-state index contributed by atoms with van der Waals surface area (Å²) in [5, 5.41) is 12.1. The molecular weight excluding hydrogens is 757 g/mol. The summed E-state index contributed by atoms with van der Waals surface area (Å²) < 4.78 is 17.3. The molecule has 0 spiro atoms. The monoisotopic (exact) mass is 786 g/mol. The van der Waals surface area contributed by atoms with Crippen LogP contribution in [0.2, 0.25) is 0 Å². The lowest BCUT2D eigenvalue weighted by Gasteiger charge is -2.10. The maximum absolute atomic E-state index is 7.25. The summed E-state index contributed by atoms with van der Waals surface area (Å²) >= 11 is 3.72. The van der Waals surface area contributed by atoms with Gasteiger partial charge in [-0.1, -0.05) is 91.0 Å². The van der Waals surface area contributed by atoms with Crippen LogP contribution in [0.5, 0.6) is 0 Å². The van der Waals surface area contributed by atoms with Gasteiger partial charge in [-0.05, 0) is 102 Å². The first kappa shape index (κ1) is 31.9. The van der Waals surface area contributed by atoms with Crippen LogP contribution in [-0.2, 0) is 0 Å². The molecule has 0 bridgehead atoms. The second-order valence-corrected chi connectivity index (χ2v) is 17.8. The summed E-state index contributed by atoms with van der Waals surface area (Å²) in [5.74, 6) is 0. The van der Waals surface area contributed by atoms with Crippen molar-refractivity contribution in [3.8, 4) is 22.5 Å². The largest absolute Gasteiger partial charge is 0.455 e. The van der Waals surface area contributed by atoms with Gasteiger partial charge in [0.15, 0.2) is 0 Å². The van der Waals surface area contributed by atoms with Gasteiger partial charge in [-0.15, -0.1) is 22.7 Å². The summed E-state index contributed by atoms with van der Waals surface area (Å²) in [6, 6.07) is 66.9. The van der Waals surface area contributed by atoms with E-state index in [2.05, 4.69) is 191 Å². The molecule has 5 aromatic heterocycles. The van der Waals surface area contributed by atoms with Gasteiger partial charge >= 0.3 is 0 Å². The van der Waals surface area contributed by atoms with Crippen molar-refractivity contribution < 1.29 is 4.42 Å². The highest BCUT2D eigenvalue weighted by atomic mass is 32.1. The van der Waals surface area contributed by atoms with Crippen molar-refractivity contribution in [1.29, 1.82) is 0 Å². The van der Waals surface area contributed by atoms with Crippen molar-refractivity contribution >= 4 is 129 Å². The van der Waals surface area contributed by atoms with E-state index in [9.17, 15) is 0 Å². The highest BCUT2D eigenvalue weighted by Gasteiger charge is 2.23. The molecule has 3 nitrogen and oxygen atoms in total. The Hall–Kier alpha value is -7.18. The van der Waals surface area contributed by atoms with Crippen molar-refractivity contribution in [2.45, 2.75) is 0 Å². The zero-order valence-corrected chi connectivity index (χ0v) is 33.1. The van der Waals surface area contributed by atoms with Crippen LogP contribution in [-0.4, -0.2) is 9.13 Å². The zero-order valence-electron chi connectivity index (χ0n) is 31.4. The Kier molecular flexibility index (Phi) is 6.32. The number of hydrogen-bond acceptors (Lipinski definition) is 3. The van der Waals surface area contributed by atoms with E-state index in [1.54, 1.807) is 0 Å². The molecule has 5 heterocycles. The molecule has 0 saturated carbocycles. The number of rotatable bonds is 3. The Morgan fingerprint density at radius 2 is 0.797 bits per heavy atom. The van der Waals surface area contributed by atoms with Crippen LogP contribution < -0.4 is 0 Å². The number of para-hydroxylation sites is 2. The van der Waals surface area contributed by atoms with E-state index in [-0.39, 0.29) is 0 Å². The van der Waals surface area contributed by atoms with Gasteiger partial charge in [-0.25, -0.2) is 0 Å². The molecule has 0 saturated heterocycles. The van der Waals surface area contributed by atoms with Crippen molar-refractivity contribution in [3.05, 3.63) is 182 Å². The fourth-order valence-corrected chi connectivity index (χ4v) is 12.1. The van der Waals surface area contributed by atoms with Crippen molar-refractivity contribution in [3.63, 3.8) is 0 Å². The minimum absolute atomic E-state index is 0.925. The average Bonchev–Trinajstić information content (AvgIpc) is 4.10. The molecule has 14 aromatic rings. The summed E-state index contributed by atoms with van der Waals surface area (Å²) in [4.78, 5) is 0. The van der Waals surface area contributed by atoms with Gasteiger partial charge in [0.2, 0.25) is 0 Å². The van der Waals surface area contributed by atoms with E-state index in [4.69, 9.17) is 4.42 Å². The molecule has 0 amide bonds. The molecule has 274 valence electrons. The smallest absolute Gasteiger partial charge is 0.145 e. The van der Waals surface area contributed by atoms with Crippen molar-refractivity contribution in [2.75, 3.05) is 0 Å². The highest BCUT2D eigenvalue weighted by molar-refractivity contribution is 7.26. The lowest BCUT2D eigenvalue weighted by Crippen LogP contribution is -1.94. The van der Waals surface area contributed by atoms with Crippen molar-refractivity contribution in [1.82, 2.24) is 9.13 Å². The Bertz CT molecular complexity index is 4100. The second kappa shape index (κ2) is 11.7. The predicted molar refractivity (Wildman–Crippen MR) is 254 cm³/mol. The summed E-state index contributed by atoms with van der Waals surface area (Å²) in [5.41, 5.74) is 11.1. The zero-order chi connectivity index (χ0) is 38.3. The van der Waals surface area contributed by atoms with E-state index in [0.29, 0.717) is 0 Å². The first-order valence-electron chi connectivity index (χ1n) is 20.0. The molecule has 0 atom stereocenters. The SMILES string of the molecule is c1cc(-c2ccc3sc4ccccc4c3c2)cc(-n2c3ccccc3c3c4oc5c(ccc6c5c5ccccc5n6-c5ccc6sc7ccccc7c6c5)c4ccc32)c1. The first-order chi connectivity index (χ1) is 29.2. The van der Waals surface area contributed by atoms with E-state index >= 15 is 0 Å². The van der Waals surface area contributed by atoms with Gasteiger partial charge in [0.25, 0.3) is 0 Å². The van der Waals surface area contributed by atoms with Gasteiger partial charge in [0.05, 0.1) is 32.8 Å². The maximum atomic E-state index is 7.25. The lowest BCUT2D eigenvalue weighted by molar-refractivity contribution is 0.677. The number of aromatic nitrogens is 2. The molecule has 0 aliphatic heterocycles. The Labute approximate surface area is 344 Å². The van der Waals surface area contributed by atoms with Crippen LogP contribution in [0.1, 0.15) is 0 Å². The Balaban J connectivity index is 0.993. The van der Waals surface area contributed by atoms with Crippen LogP contribution in [0.4, 0.5) is 0 Å². The molecular formula is C54H30N2OS2. The molecule has 0 radical (unpaired) electrons. The van der Waals surface area contributed by atoms with Crippen LogP contribution in [0.25, 0.3) is 128 Å². The van der Waals surface area contributed by atoms with Gasteiger partial charge in [-0.3, -0.25) is 0 Å². The number of thiophene rings is 2. The quantitative estimate of drug-likeness (QED) is 0.175. The fourth-order valence-electron chi connectivity index (χ4n) is 9.94. The molecule has 0 unspecified atom stereocenters. The van der Waals surface area contributed by atoms with Gasteiger partial charge < -0.3 is 13.6 Å². The number of nitrogens with zero attached hydrogens (tertiary/aromatic N) is 2. The number of furan rings is 1. The van der Waals surface area contributed by atoms with E-state index in [0.717, 1.165) is 60.6 Å². The Morgan fingerprint density at radius 1 is 0.305 bits per heavy atom. The average molecular weight is 787 g/mol. The molecule has 0 fully saturated rings. The third-order valence-corrected chi connectivity index (χ3v) is 14.8. The predicted octanol–water partition coefficient (Wildman–Crippen LogP) is 16.2. The van der Waals surface area contributed by atoms with Gasteiger partial charge in [-0.2, -0.15) is 0 Å². The number of hydrogen-bond donors (Lipinski definition) is 0. The van der Waals surface area contributed by atoms with E-state index < -0.39 is 0 Å². The summed E-state index contributed by atoms with van der Waals surface area (Å²) in [6.45, 7) is 0. The molecule has 14 rings (SSSR count). The normalized spacial score (nSPS) is 12.4. The van der Waals surface area contributed by atoms with Gasteiger partial charge in [0, 0.05) is 73.3 Å². The lowest BCUT2D eigenvalue weighted by atomic mass is 10.0. The number of fused-ring (bicyclic) bond motifs is 17. The third kappa shape index (κ3) is 4.35. The molecule has 0 N–H and O–H groups in total. The molecule has 0 aliphatic rings. The van der Waals surface area contributed by atoms with Crippen LogP contribution >= 0.6 is 22.7 Å². The standard InChI is InChI=1S/C54H30N2OS2/c1-5-16-43-39(14-1)51-45(55(43)33-11-9-10-31(28-33)32-20-26-49-41(29-32)35-12-3-7-18-47(35)58-49)24-22-37-38-23-25-46-52(54(38)57-53(37)51)40-15-2-6-17-44(40)56(46)34-21-27-50-42(30-34)36-13-4-8-19-48(36)59-50/h1-30H. The molecule has 59 heavy (non-hydrogen) atoms. The van der Waals surface area contributed by atoms with E-state index in [1.165, 1.54) is 67.8 Å². The van der Waals surface area contributed by atoms with Gasteiger partial charge in [0.1, 0.15) is 11.2 Å².